The second kappa shape index (κ2) is 9.38. The molecule has 0 N–H and O–H groups in total. The van der Waals surface area contributed by atoms with Crippen LogP contribution in [0.1, 0.15) is 67.4 Å². The molecule has 1 heterocycles. The number of rotatable bonds is 4. The molecule has 7 rings (SSSR count). The van der Waals surface area contributed by atoms with E-state index in [2.05, 4.69) is 134 Å². The summed E-state index contributed by atoms with van der Waals surface area (Å²) in [6.07, 6.45) is 7.68. The topological polar surface area (TPSA) is 0 Å². The second-order valence-corrected chi connectivity index (χ2v) is 30.3. The van der Waals surface area contributed by atoms with Gasteiger partial charge < -0.3 is 0 Å². The number of fused-ring (bicyclic) bond motifs is 6. The molecule has 40 heavy (non-hydrogen) atoms. The van der Waals surface area contributed by atoms with Crippen molar-refractivity contribution in [2.45, 2.75) is 57.2 Å². The van der Waals surface area contributed by atoms with E-state index in [-0.39, 0.29) is 5.41 Å². The third-order valence-corrected chi connectivity index (χ3v) is 25.8. The van der Waals surface area contributed by atoms with Crippen LogP contribution in [-0.2, 0) is 20.0 Å². The maximum absolute atomic E-state index is 3.04. The van der Waals surface area contributed by atoms with Crippen LogP contribution in [0.3, 0.4) is 0 Å². The van der Waals surface area contributed by atoms with Gasteiger partial charge in [0.1, 0.15) is 0 Å². The van der Waals surface area contributed by atoms with E-state index in [9.17, 15) is 0 Å². The van der Waals surface area contributed by atoms with Gasteiger partial charge in [0.15, 0.2) is 0 Å². The maximum atomic E-state index is 2.76. The number of hydrogen-bond acceptors (Lipinski definition) is 0. The summed E-state index contributed by atoms with van der Waals surface area (Å²) in [5, 5.41) is 0. The van der Waals surface area contributed by atoms with Crippen LogP contribution in [0, 0.1) is 19.3 Å². The van der Waals surface area contributed by atoms with E-state index >= 15 is 0 Å². The molecular formula is C39H40Hf. The molecule has 1 heteroatoms. The minimum absolute atomic E-state index is 0.123. The van der Waals surface area contributed by atoms with Gasteiger partial charge >= 0.3 is 246 Å². The Kier molecular flexibility index (Phi) is 6.13. The summed E-state index contributed by atoms with van der Waals surface area (Å²) < 4.78 is 6.79. The first-order valence-corrected chi connectivity index (χ1v) is 26.5. The Morgan fingerprint density at radius 2 is 0.975 bits per heavy atom. The van der Waals surface area contributed by atoms with E-state index in [1.807, 2.05) is 0 Å². The first kappa shape index (κ1) is 26.1. The number of allylic oxidation sites excluding steroid dienone is 2. The molecular weight excluding hydrogens is 647 g/mol. The van der Waals surface area contributed by atoms with Gasteiger partial charge in [-0.2, -0.15) is 0 Å². The summed E-state index contributed by atoms with van der Waals surface area (Å²) in [5.41, 5.74) is 18.0. The molecule has 0 nitrogen and oxygen atoms in total. The van der Waals surface area contributed by atoms with E-state index < -0.39 is 20.0 Å². The average Bonchev–Trinajstić information content (AvgIpc) is 3.56. The van der Waals surface area contributed by atoms with Crippen molar-refractivity contribution in [1.82, 2.24) is 0 Å². The molecule has 4 aromatic rings. The molecule has 4 aromatic carbocycles. The summed E-state index contributed by atoms with van der Waals surface area (Å²) in [5.74, 6) is 0. The van der Waals surface area contributed by atoms with Crippen molar-refractivity contribution < 1.29 is 20.0 Å². The van der Waals surface area contributed by atoms with E-state index in [1.165, 1.54) is 57.3 Å². The molecule has 0 aromatic heterocycles. The fourth-order valence-corrected chi connectivity index (χ4v) is 25.7. The van der Waals surface area contributed by atoms with Crippen molar-refractivity contribution in [2.75, 3.05) is 0 Å². The molecule has 1 saturated heterocycles. The van der Waals surface area contributed by atoms with Gasteiger partial charge in [-0.3, -0.25) is 0 Å². The average molecular weight is 687 g/mol. The Morgan fingerprint density at radius 3 is 1.35 bits per heavy atom. The molecule has 1 fully saturated rings. The van der Waals surface area contributed by atoms with Gasteiger partial charge in [0.05, 0.1) is 0 Å². The summed E-state index contributed by atoms with van der Waals surface area (Å²) in [7, 11) is 0. The molecule has 0 bridgehead atoms. The van der Waals surface area contributed by atoms with Crippen molar-refractivity contribution in [1.29, 1.82) is 0 Å². The van der Waals surface area contributed by atoms with Crippen molar-refractivity contribution in [2.24, 2.45) is 5.41 Å². The van der Waals surface area contributed by atoms with Crippen LogP contribution in [0.25, 0.3) is 34.4 Å². The molecule has 0 spiro atoms. The van der Waals surface area contributed by atoms with Crippen molar-refractivity contribution >= 4 is 12.2 Å². The van der Waals surface area contributed by atoms with Crippen LogP contribution < -0.4 is 0 Å². The Labute approximate surface area is 245 Å². The Bertz CT molecular complexity index is 1570. The first-order chi connectivity index (χ1) is 19.3. The predicted molar refractivity (Wildman–Crippen MR) is 169 cm³/mol. The summed E-state index contributed by atoms with van der Waals surface area (Å²) in [6.45, 7) is 9.25. The zero-order valence-electron chi connectivity index (χ0n) is 24.8. The van der Waals surface area contributed by atoms with Crippen molar-refractivity contribution in [3.05, 3.63) is 129 Å². The molecule has 0 saturated carbocycles. The first-order valence-electron chi connectivity index (χ1n) is 15.1. The quantitative estimate of drug-likeness (QED) is 0.187. The minimum atomic E-state index is -3.04. The van der Waals surface area contributed by atoms with E-state index in [0.717, 1.165) is 0 Å². The van der Waals surface area contributed by atoms with Crippen LogP contribution in [0.5, 0.6) is 0 Å². The third-order valence-electron chi connectivity index (χ3n) is 10.6. The van der Waals surface area contributed by atoms with Gasteiger partial charge in [-0.1, -0.05) is 0 Å². The van der Waals surface area contributed by atoms with Gasteiger partial charge in [0, 0.05) is 0 Å². The van der Waals surface area contributed by atoms with Gasteiger partial charge in [-0.05, 0) is 0 Å². The molecule has 0 amide bonds. The van der Waals surface area contributed by atoms with Gasteiger partial charge in [-0.15, -0.1) is 0 Å². The zero-order chi connectivity index (χ0) is 27.8. The van der Waals surface area contributed by atoms with Gasteiger partial charge in [0.25, 0.3) is 0 Å². The SMILES string of the molecule is CCC1(CC)C2=Cc3c(-c4ccc(C)cc4)cccc3[CH]2[Hf]([CH3])([CH3])[CH]2C1=Cc1c(-c3ccc(C)cc3)cccc12. The van der Waals surface area contributed by atoms with Crippen LogP contribution in [0.4, 0.5) is 0 Å². The molecule has 1 aliphatic heterocycles. The molecule has 2 unspecified atom stereocenters. The summed E-state index contributed by atoms with van der Waals surface area (Å²) in [4.78, 5) is 0. The molecule has 2 aliphatic carbocycles. The number of aryl methyl sites for hydroxylation is 2. The summed E-state index contributed by atoms with van der Waals surface area (Å²) in [6, 6.07) is 32.6. The molecule has 2 atom stereocenters. The second-order valence-electron chi connectivity index (χ2n) is 13.0. The molecule has 3 aliphatic rings. The fourth-order valence-electron chi connectivity index (χ4n) is 8.61. The van der Waals surface area contributed by atoms with Gasteiger partial charge in [0.2, 0.25) is 0 Å². The van der Waals surface area contributed by atoms with Crippen LogP contribution in [-0.4, -0.2) is 0 Å². The fraction of sp³-hybridized carbons (Fsp3) is 0.282. The molecule has 200 valence electrons. The number of benzene rings is 4. The van der Waals surface area contributed by atoms with Crippen LogP contribution in [0.15, 0.2) is 96.1 Å². The van der Waals surface area contributed by atoms with E-state index in [4.69, 9.17) is 0 Å². The van der Waals surface area contributed by atoms with E-state index in [0.29, 0.717) is 7.35 Å². The van der Waals surface area contributed by atoms with Gasteiger partial charge in [-0.25, -0.2) is 0 Å². The molecule has 0 radical (unpaired) electrons. The third kappa shape index (κ3) is 3.59. The number of hydrogen-bond donors (Lipinski definition) is 0. The van der Waals surface area contributed by atoms with Crippen molar-refractivity contribution in [3.63, 3.8) is 0 Å². The van der Waals surface area contributed by atoms with Crippen LogP contribution in [0.2, 0.25) is 9.36 Å². The monoisotopic (exact) mass is 688 g/mol. The Hall–Kier alpha value is -2.77. The standard InChI is InChI=1S/C37H34.2CH3.Hf/c1-5-37(6-2,31-21-29-9-7-11-33(35(29)23-31)27-17-13-25(3)14-18-27)32-22-30-10-8-12-34(36(30)24-32)28-19-15-26(4)16-20-28;;;/h7-24H,5-6H2,1-4H3;2*1H3;. The van der Waals surface area contributed by atoms with Crippen LogP contribution >= 0.6 is 0 Å². The Balaban J connectivity index is 1.46. The summed E-state index contributed by atoms with van der Waals surface area (Å²) >= 11 is -3.04. The van der Waals surface area contributed by atoms with E-state index in [1.54, 1.807) is 22.3 Å². The zero-order valence-corrected chi connectivity index (χ0v) is 28.4. The van der Waals surface area contributed by atoms with Crippen molar-refractivity contribution in [3.8, 4) is 22.3 Å². The predicted octanol–water partition coefficient (Wildman–Crippen LogP) is 11.3. The Morgan fingerprint density at radius 1 is 0.575 bits per heavy atom. The normalized spacial score (nSPS) is 21.1.